The van der Waals surface area contributed by atoms with E-state index in [1.54, 1.807) is 6.07 Å². The predicted octanol–water partition coefficient (Wildman–Crippen LogP) is 2.81. The van der Waals surface area contributed by atoms with E-state index in [2.05, 4.69) is 5.32 Å². The van der Waals surface area contributed by atoms with E-state index in [0.29, 0.717) is 6.54 Å². The second kappa shape index (κ2) is 4.98. The number of aryl methyl sites for hydroxylation is 1. The van der Waals surface area contributed by atoms with Crippen molar-refractivity contribution in [3.8, 4) is 0 Å². The van der Waals surface area contributed by atoms with Crippen molar-refractivity contribution in [3.63, 3.8) is 0 Å². The second-order valence-electron chi connectivity index (χ2n) is 6.22. The number of benzene rings is 1. The fraction of sp³-hybridized carbons (Fsp3) is 0.600. The molecule has 1 aliphatic carbocycles. The molecule has 2 unspecified atom stereocenters. The third kappa shape index (κ3) is 2.90. The van der Waals surface area contributed by atoms with E-state index in [4.69, 9.17) is 0 Å². The molecule has 0 fully saturated rings. The second-order valence-corrected chi connectivity index (χ2v) is 6.22. The summed E-state index contributed by atoms with van der Waals surface area (Å²) in [5, 5.41) is 13.4. The highest BCUT2D eigenvalue weighted by molar-refractivity contribution is 5.34. The number of fused-ring (bicyclic) bond motifs is 1. The highest BCUT2D eigenvalue weighted by Gasteiger charge is 2.26. The first-order valence-electron chi connectivity index (χ1n) is 6.57. The summed E-state index contributed by atoms with van der Waals surface area (Å²) in [6.07, 6.45) is 1.57. The van der Waals surface area contributed by atoms with Crippen molar-refractivity contribution in [2.24, 2.45) is 5.41 Å². The van der Waals surface area contributed by atoms with Crippen LogP contribution in [-0.2, 0) is 6.42 Å². The van der Waals surface area contributed by atoms with Gasteiger partial charge in [-0.3, -0.25) is 0 Å². The van der Waals surface area contributed by atoms with Crippen LogP contribution in [-0.4, -0.2) is 17.8 Å². The molecule has 2 nitrogen and oxygen atoms in total. The van der Waals surface area contributed by atoms with Gasteiger partial charge in [-0.25, -0.2) is 4.39 Å². The molecule has 100 valence electrons. The van der Waals surface area contributed by atoms with Crippen LogP contribution in [0.4, 0.5) is 4.39 Å². The highest BCUT2D eigenvalue weighted by Crippen LogP contribution is 2.31. The molecule has 0 saturated carbocycles. The van der Waals surface area contributed by atoms with Gasteiger partial charge in [0.1, 0.15) is 5.82 Å². The molecule has 18 heavy (non-hydrogen) atoms. The minimum absolute atomic E-state index is 0.129. The largest absolute Gasteiger partial charge is 0.391 e. The number of hydrogen-bond acceptors (Lipinski definition) is 2. The molecule has 0 saturated heterocycles. The van der Waals surface area contributed by atoms with Gasteiger partial charge in [0.25, 0.3) is 0 Å². The summed E-state index contributed by atoms with van der Waals surface area (Å²) in [7, 11) is 0. The van der Waals surface area contributed by atoms with Gasteiger partial charge < -0.3 is 10.4 Å². The molecule has 1 aromatic rings. The van der Waals surface area contributed by atoms with Gasteiger partial charge in [-0.2, -0.15) is 0 Å². The van der Waals surface area contributed by atoms with Crippen molar-refractivity contribution in [2.75, 3.05) is 6.54 Å². The van der Waals surface area contributed by atoms with Crippen molar-refractivity contribution in [1.82, 2.24) is 5.32 Å². The summed E-state index contributed by atoms with van der Waals surface area (Å²) >= 11 is 0. The van der Waals surface area contributed by atoms with Crippen molar-refractivity contribution in [1.29, 1.82) is 0 Å². The summed E-state index contributed by atoms with van der Waals surface area (Å²) in [6.45, 7) is 6.59. The molecule has 0 aromatic heterocycles. The number of aliphatic hydroxyl groups is 1. The van der Waals surface area contributed by atoms with Gasteiger partial charge in [0.15, 0.2) is 0 Å². The van der Waals surface area contributed by atoms with Crippen molar-refractivity contribution in [3.05, 3.63) is 35.1 Å². The third-order valence-corrected chi connectivity index (χ3v) is 3.74. The molecule has 2 N–H and O–H groups in total. The molecule has 0 radical (unpaired) electrons. The molecule has 0 aliphatic heterocycles. The lowest BCUT2D eigenvalue weighted by atomic mass is 9.89. The number of rotatable bonds is 3. The monoisotopic (exact) mass is 251 g/mol. The zero-order chi connectivity index (χ0) is 13.3. The molecule has 0 heterocycles. The van der Waals surface area contributed by atoms with Gasteiger partial charge in [0, 0.05) is 12.6 Å². The first kappa shape index (κ1) is 13.5. The molecule has 0 spiro atoms. The van der Waals surface area contributed by atoms with Crippen LogP contribution in [0.5, 0.6) is 0 Å². The van der Waals surface area contributed by atoms with E-state index >= 15 is 0 Å². The maximum absolute atomic E-state index is 13.2. The van der Waals surface area contributed by atoms with E-state index < -0.39 is 6.10 Å². The Kier molecular flexibility index (Phi) is 3.74. The molecular weight excluding hydrogens is 229 g/mol. The molecular formula is C15H22FNO. The smallest absolute Gasteiger partial charge is 0.123 e. The van der Waals surface area contributed by atoms with Crippen molar-refractivity contribution in [2.45, 2.75) is 45.8 Å². The van der Waals surface area contributed by atoms with Crippen LogP contribution in [0.2, 0.25) is 0 Å². The Morgan fingerprint density at radius 3 is 2.83 bits per heavy atom. The topological polar surface area (TPSA) is 32.3 Å². The summed E-state index contributed by atoms with van der Waals surface area (Å²) in [4.78, 5) is 0. The van der Waals surface area contributed by atoms with Gasteiger partial charge in [-0.05, 0) is 41.5 Å². The van der Waals surface area contributed by atoms with Crippen LogP contribution in [0.15, 0.2) is 18.2 Å². The summed E-state index contributed by atoms with van der Waals surface area (Å²) in [5.41, 5.74) is 2.14. The lowest BCUT2D eigenvalue weighted by molar-refractivity contribution is 0.0604. The van der Waals surface area contributed by atoms with E-state index in [0.717, 1.165) is 18.4 Å². The average Bonchev–Trinajstić information content (AvgIpc) is 2.67. The lowest BCUT2D eigenvalue weighted by Gasteiger charge is -2.27. The molecule has 2 rings (SSSR count). The van der Waals surface area contributed by atoms with E-state index in [1.165, 1.54) is 11.6 Å². The Morgan fingerprint density at radius 2 is 2.17 bits per heavy atom. The maximum Gasteiger partial charge on any atom is 0.123 e. The number of aliphatic hydroxyl groups excluding tert-OH is 1. The van der Waals surface area contributed by atoms with Gasteiger partial charge >= 0.3 is 0 Å². The van der Waals surface area contributed by atoms with Gasteiger partial charge in [-0.1, -0.05) is 26.8 Å². The molecule has 0 bridgehead atoms. The Morgan fingerprint density at radius 1 is 1.44 bits per heavy atom. The first-order chi connectivity index (χ1) is 8.38. The number of nitrogens with one attached hydrogen (secondary N) is 1. The van der Waals surface area contributed by atoms with Gasteiger partial charge in [-0.15, -0.1) is 0 Å². The molecule has 1 aromatic carbocycles. The summed E-state index contributed by atoms with van der Waals surface area (Å²) < 4.78 is 13.2. The minimum Gasteiger partial charge on any atom is -0.391 e. The maximum atomic E-state index is 13.2. The van der Waals surface area contributed by atoms with Crippen LogP contribution >= 0.6 is 0 Å². The molecule has 2 atom stereocenters. The van der Waals surface area contributed by atoms with Crippen molar-refractivity contribution >= 4 is 0 Å². The van der Waals surface area contributed by atoms with Crippen LogP contribution in [0, 0.1) is 11.2 Å². The van der Waals surface area contributed by atoms with Crippen LogP contribution < -0.4 is 5.32 Å². The zero-order valence-corrected chi connectivity index (χ0v) is 11.3. The highest BCUT2D eigenvalue weighted by atomic mass is 19.1. The molecule has 1 aliphatic rings. The Bertz CT molecular complexity index is 425. The predicted molar refractivity (Wildman–Crippen MR) is 70.9 cm³/mol. The minimum atomic E-state index is -0.393. The van der Waals surface area contributed by atoms with Crippen molar-refractivity contribution < 1.29 is 9.50 Å². The Labute approximate surface area is 108 Å². The standard InChI is InChI=1S/C15H22FNO/c1-15(2,3)14(18)9-17-13-7-5-10-4-6-11(16)8-12(10)13/h4,6,8,13-14,17-18H,5,7,9H2,1-3H3. The molecule has 0 amide bonds. The van der Waals surface area contributed by atoms with Crippen LogP contribution in [0.1, 0.15) is 44.4 Å². The summed E-state index contributed by atoms with van der Waals surface area (Å²) in [5.74, 6) is -0.182. The third-order valence-electron chi connectivity index (χ3n) is 3.74. The lowest BCUT2D eigenvalue weighted by Crippen LogP contribution is -2.37. The zero-order valence-electron chi connectivity index (χ0n) is 11.3. The SMILES string of the molecule is CC(C)(C)C(O)CNC1CCc2ccc(F)cc21. The summed E-state index contributed by atoms with van der Waals surface area (Å²) in [6, 6.07) is 5.18. The van der Waals surface area contributed by atoms with E-state index in [1.807, 2.05) is 26.8 Å². The fourth-order valence-corrected chi connectivity index (χ4v) is 2.35. The van der Waals surface area contributed by atoms with Gasteiger partial charge in [0.05, 0.1) is 6.10 Å². The van der Waals surface area contributed by atoms with E-state index in [9.17, 15) is 9.50 Å². The Hall–Kier alpha value is -0.930. The van der Waals surface area contributed by atoms with Gasteiger partial charge in [0.2, 0.25) is 0 Å². The quantitative estimate of drug-likeness (QED) is 0.866. The normalized spacial score (nSPS) is 20.8. The number of hydrogen-bond donors (Lipinski definition) is 2. The Balaban J connectivity index is 2.00. The van der Waals surface area contributed by atoms with Crippen LogP contribution in [0.25, 0.3) is 0 Å². The fourth-order valence-electron chi connectivity index (χ4n) is 2.35. The van der Waals surface area contributed by atoms with Crippen LogP contribution in [0.3, 0.4) is 0 Å². The first-order valence-corrected chi connectivity index (χ1v) is 6.57. The van der Waals surface area contributed by atoms with E-state index in [-0.39, 0.29) is 17.3 Å². The molecule has 3 heteroatoms. The average molecular weight is 251 g/mol. The number of halogens is 1.